The molecule has 1 aliphatic rings. The summed E-state index contributed by atoms with van der Waals surface area (Å²) in [6, 6.07) is -0.182. The second kappa shape index (κ2) is 9.90. The molecule has 0 aliphatic carbocycles. The first-order chi connectivity index (χ1) is 12.6. The van der Waals surface area contributed by atoms with Crippen LogP contribution in [0.2, 0.25) is 0 Å². The number of nitrogens with one attached hydrogen (secondary N) is 1. The van der Waals surface area contributed by atoms with Crippen molar-refractivity contribution in [3.63, 3.8) is 0 Å². The Kier molecular flexibility index (Phi) is 8.72. The number of halogens is 2. The van der Waals surface area contributed by atoms with Gasteiger partial charge in [-0.2, -0.15) is 13.8 Å². The van der Waals surface area contributed by atoms with Gasteiger partial charge in [-0.3, -0.25) is 14.2 Å². The summed E-state index contributed by atoms with van der Waals surface area (Å²) in [7, 11) is 0. The van der Waals surface area contributed by atoms with E-state index >= 15 is 0 Å². The van der Waals surface area contributed by atoms with Gasteiger partial charge in [-0.05, 0) is 12.5 Å². The topological polar surface area (TPSA) is 177 Å². The van der Waals surface area contributed by atoms with Crippen LogP contribution in [0.5, 0.6) is 0 Å². The average Bonchev–Trinajstić information content (AvgIpc) is 2.82. The zero-order valence-corrected chi connectivity index (χ0v) is 17.2. The molecule has 0 saturated carbocycles. The Hall–Kier alpha value is -1.38. The summed E-state index contributed by atoms with van der Waals surface area (Å²) in [5.74, 6) is -6.04. The van der Waals surface area contributed by atoms with Crippen LogP contribution < -0.4 is 16.7 Å². The second-order valence-corrected chi connectivity index (χ2v) is 5.86. The molecule has 2 rings (SSSR count). The van der Waals surface area contributed by atoms with Crippen LogP contribution in [0.3, 0.4) is 0 Å². The fraction of sp³-hybridized carbons (Fsp3) is 0.571. The third-order valence-corrected chi connectivity index (χ3v) is 3.91. The molecule has 1 fully saturated rings. The minimum absolute atomic E-state index is 0. The van der Waals surface area contributed by atoms with Crippen molar-refractivity contribution in [2.45, 2.75) is 43.2 Å². The fourth-order valence-electron chi connectivity index (χ4n) is 2.39. The van der Waals surface area contributed by atoms with E-state index < -0.39 is 54.6 Å². The maximum Gasteiger partial charge on any atom is 0.351 e. The molecule has 1 amide bonds. The second-order valence-electron chi connectivity index (χ2n) is 5.86. The Bertz CT molecular complexity index is 778. The van der Waals surface area contributed by atoms with Crippen molar-refractivity contribution < 1.29 is 71.1 Å². The third kappa shape index (κ3) is 5.36. The molecule has 0 bridgehead atoms. The molecule has 1 aromatic heterocycles. The van der Waals surface area contributed by atoms with Crippen molar-refractivity contribution in [3.8, 4) is 0 Å². The summed E-state index contributed by atoms with van der Waals surface area (Å²) in [4.78, 5) is 37.7. The van der Waals surface area contributed by atoms with E-state index in [1.807, 2.05) is 0 Å². The van der Waals surface area contributed by atoms with Crippen molar-refractivity contribution in [1.82, 2.24) is 9.55 Å². The first kappa shape index (κ1) is 24.7. The van der Waals surface area contributed by atoms with Crippen LogP contribution in [0.1, 0.15) is 19.1 Å². The molecule has 0 spiro atoms. The number of nitrogens with zero attached hydrogens (tertiary/aromatic N) is 2. The van der Waals surface area contributed by atoms with Gasteiger partial charge >= 0.3 is 17.6 Å². The average molecular weight is 481 g/mol. The molecule has 1 saturated heterocycles. The van der Waals surface area contributed by atoms with Crippen LogP contribution >= 0.6 is 0 Å². The number of amides is 1. The number of hydrogen-bond donors (Lipinski definition) is 5. The Morgan fingerprint density at radius 2 is 2.11 bits per heavy atom. The number of rotatable bonds is 7. The predicted octanol–water partition coefficient (Wildman–Crippen LogP) is -1.74. The van der Waals surface area contributed by atoms with Crippen LogP contribution in [-0.4, -0.2) is 67.5 Å². The number of nitrogens with two attached hydrogens (primary N) is 1. The molecule has 4 atom stereocenters. The number of aliphatic carboxylic acids is 1. The summed E-state index contributed by atoms with van der Waals surface area (Å²) in [6.07, 6.45) is -5.58. The largest absolute Gasteiger partial charge is 0.480 e. The molecular weight excluding hydrogens is 463 g/mol. The van der Waals surface area contributed by atoms with Gasteiger partial charge in [0, 0.05) is 45.3 Å². The molecular formula is C14H18F2N4O7Y. The van der Waals surface area contributed by atoms with Crippen LogP contribution in [0.25, 0.3) is 0 Å². The Morgan fingerprint density at radius 1 is 1.46 bits per heavy atom. The zero-order chi connectivity index (χ0) is 20.4. The molecule has 1 aromatic rings. The summed E-state index contributed by atoms with van der Waals surface area (Å²) in [5, 5.41) is 29.3. The molecule has 2 heterocycles. The minimum Gasteiger partial charge on any atom is -0.480 e. The molecule has 1 aliphatic heterocycles. The van der Waals surface area contributed by atoms with Crippen molar-refractivity contribution in [1.29, 1.82) is 0 Å². The van der Waals surface area contributed by atoms with E-state index in [2.05, 4.69) is 10.3 Å². The fourth-order valence-corrected chi connectivity index (χ4v) is 2.39. The number of aliphatic hydroxyl groups excluding tert-OH is 2. The molecule has 1 radical (unpaired) electrons. The summed E-state index contributed by atoms with van der Waals surface area (Å²) in [5.41, 5.74) is 4.07. The van der Waals surface area contributed by atoms with E-state index in [1.165, 1.54) is 0 Å². The van der Waals surface area contributed by atoms with Crippen molar-refractivity contribution in [3.05, 3.63) is 22.7 Å². The monoisotopic (exact) mass is 481 g/mol. The van der Waals surface area contributed by atoms with Crippen LogP contribution in [0.4, 0.5) is 14.6 Å². The first-order valence-electron chi connectivity index (χ1n) is 7.77. The number of carboxylic acid groups (broad SMARTS) is 1. The standard InChI is InChI=1S/C14H18F2N4O7.Y/c15-14(16)10(23)7(5-21)27-12(14)20-4-3-8(19-13(20)26)18-9(22)2-1-6(17)11(24)25;/h3-4,6-7,10,12,21,23H,1-2,5,17H2,(H,24,25)(H,18,19,22,26);/t6?,7-,10+,12-;/m1./s1. The number of alkyl halides is 2. The predicted molar refractivity (Wildman–Crippen MR) is 83.9 cm³/mol. The van der Waals surface area contributed by atoms with Gasteiger partial charge in [0.2, 0.25) is 12.1 Å². The molecule has 14 heteroatoms. The van der Waals surface area contributed by atoms with Crippen molar-refractivity contribution >= 4 is 17.7 Å². The molecule has 6 N–H and O–H groups in total. The van der Waals surface area contributed by atoms with Gasteiger partial charge in [-0.1, -0.05) is 0 Å². The van der Waals surface area contributed by atoms with Gasteiger partial charge in [0.1, 0.15) is 18.0 Å². The van der Waals surface area contributed by atoms with E-state index in [9.17, 15) is 28.3 Å². The maximum absolute atomic E-state index is 14.1. The van der Waals surface area contributed by atoms with E-state index in [-0.39, 0.29) is 51.4 Å². The number of carbonyl (C=O) groups excluding carboxylic acids is 1. The summed E-state index contributed by atoms with van der Waals surface area (Å²) >= 11 is 0. The van der Waals surface area contributed by atoms with Gasteiger partial charge in [-0.25, -0.2) is 4.79 Å². The molecule has 0 aromatic carbocycles. The number of anilines is 1. The minimum atomic E-state index is -3.85. The zero-order valence-electron chi connectivity index (χ0n) is 14.4. The Balaban J connectivity index is 0.00000392. The van der Waals surface area contributed by atoms with Gasteiger partial charge in [0.15, 0.2) is 6.10 Å². The van der Waals surface area contributed by atoms with E-state index in [4.69, 9.17) is 20.7 Å². The Morgan fingerprint density at radius 3 is 2.61 bits per heavy atom. The van der Waals surface area contributed by atoms with Crippen LogP contribution in [-0.2, 0) is 47.0 Å². The first-order valence-corrected chi connectivity index (χ1v) is 7.77. The van der Waals surface area contributed by atoms with Gasteiger partial charge in [0.05, 0.1) is 6.61 Å². The smallest absolute Gasteiger partial charge is 0.351 e. The number of ether oxygens (including phenoxy) is 1. The molecule has 28 heavy (non-hydrogen) atoms. The van der Waals surface area contributed by atoms with E-state index in [0.717, 1.165) is 12.3 Å². The molecule has 153 valence electrons. The third-order valence-electron chi connectivity index (χ3n) is 3.91. The quantitative estimate of drug-likeness (QED) is 0.303. The number of aromatic nitrogens is 2. The summed E-state index contributed by atoms with van der Waals surface area (Å²) in [6.45, 7) is -0.873. The Labute approximate surface area is 181 Å². The normalized spacial score (nSPS) is 24.2. The molecule has 1 unspecified atom stereocenters. The van der Waals surface area contributed by atoms with Gasteiger partial charge < -0.3 is 31.1 Å². The molecule has 11 nitrogen and oxygen atoms in total. The van der Waals surface area contributed by atoms with Crippen molar-refractivity contribution in [2.75, 3.05) is 11.9 Å². The van der Waals surface area contributed by atoms with E-state index in [0.29, 0.717) is 4.57 Å². The summed E-state index contributed by atoms with van der Waals surface area (Å²) < 4.78 is 33.4. The van der Waals surface area contributed by atoms with Crippen LogP contribution in [0, 0.1) is 0 Å². The van der Waals surface area contributed by atoms with Gasteiger partial charge in [0.25, 0.3) is 0 Å². The van der Waals surface area contributed by atoms with Crippen LogP contribution in [0.15, 0.2) is 17.1 Å². The van der Waals surface area contributed by atoms with Crippen molar-refractivity contribution in [2.24, 2.45) is 5.73 Å². The maximum atomic E-state index is 14.1. The number of carbonyl (C=O) groups is 2. The van der Waals surface area contributed by atoms with E-state index in [1.54, 1.807) is 0 Å². The number of aliphatic hydroxyl groups is 2. The SMILES string of the molecule is NC(CCC(=O)Nc1ccn([C@@H]2O[C@H](CO)[C@H](O)C2(F)F)c(=O)n1)C(=O)O.[Y]. The number of carboxylic acids is 1. The number of hydrogen-bond acceptors (Lipinski definition) is 8. The van der Waals surface area contributed by atoms with Gasteiger partial charge in [-0.15, -0.1) is 0 Å².